The van der Waals surface area contributed by atoms with Crippen molar-refractivity contribution in [3.05, 3.63) is 54.2 Å². The Labute approximate surface area is 144 Å². The van der Waals surface area contributed by atoms with Crippen LogP contribution in [-0.4, -0.2) is 51.9 Å². The van der Waals surface area contributed by atoms with E-state index >= 15 is 0 Å². The number of aromatic nitrogens is 3. The maximum atomic E-state index is 13.3. The number of hydrogen-bond acceptors (Lipinski definition) is 4. The molecule has 1 fully saturated rings. The van der Waals surface area contributed by atoms with Gasteiger partial charge in [-0.1, -0.05) is 0 Å². The molecule has 4 rings (SSSR count). The highest BCUT2D eigenvalue weighted by molar-refractivity contribution is 5.89. The van der Waals surface area contributed by atoms with E-state index in [0.29, 0.717) is 31.0 Å². The number of rotatable bonds is 3. The van der Waals surface area contributed by atoms with Crippen LogP contribution >= 0.6 is 0 Å². The minimum Gasteiger partial charge on any atom is -0.361 e. The molecule has 2 aromatic heterocycles. The van der Waals surface area contributed by atoms with Crippen molar-refractivity contribution in [1.82, 2.24) is 19.9 Å². The highest BCUT2D eigenvalue weighted by atomic mass is 19.1. The van der Waals surface area contributed by atoms with Crippen LogP contribution in [0, 0.1) is 5.82 Å². The molecule has 1 aliphatic heterocycles. The fourth-order valence-corrected chi connectivity index (χ4v) is 3.19. The van der Waals surface area contributed by atoms with E-state index in [0.717, 1.165) is 24.0 Å². The predicted molar refractivity (Wildman–Crippen MR) is 92.8 cm³/mol. The van der Waals surface area contributed by atoms with Crippen LogP contribution < -0.4 is 4.90 Å². The number of carbonyl (C=O) groups is 1. The summed E-state index contributed by atoms with van der Waals surface area (Å²) in [7, 11) is 0. The third-order valence-electron chi connectivity index (χ3n) is 4.54. The molecule has 0 atom stereocenters. The van der Waals surface area contributed by atoms with Crippen LogP contribution in [0.25, 0.3) is 10.9 Å². The summed E-state index contributed by atoms with van der Waals surface area (Å²) < 4.78 is 13.3. The lowest BCUT2D eigenvalue weighted by Gasteiger charge is -2.34. The number of nitrogens with zero attached hydrogens (tertiary/aromatic N) is 4. The van der Waals surface area contributed by atoms with Crippen molar-refractivity contribution in [2.45, 2.75) is 6.42 Å². The Morgan fingerprint density at radius 3 is 2.68 bits per heavy atom. The molecule has 3 heterocycles. The Balaban J connectivity index is 1.40. The van der Waals surface area contributed by atoms with Gasteiger partial charge in [-0.2, -0.15) is 0 Å². The normalized spacial score (nSPS) is 14.9. The van der Waals surface area contributed by atoms with E-state index in [1.807, 2.05) is 4.90 Å². The first-order chi connectivity index (χ1) is 12.2. The molecule has 6 nitrogen and oxygen atoms in total. The van der Waals surface area contributed by atoms with E-state index in [9.17, 15) is 9.18 Å². The number of anilines is 1. The highest BCUT2D eigenvalue weighted by Crippen LogP contribution is 2.20. The van der Waals surface area contributed by atoms with Crippen LogP contribution in [0.1, 0.15) is 5.56 Å². The molecule has 0 bridgehead atoms. The van der Waals surface area contributed by atoms with Crippen molar-refractivity contribution in [1.29, 1.82) is 0 Å². The quantitative estimate of drug-likeness (QED) is 0.793. The zero-order valence-electron chi connectivity index (χ0n) is 13.7. The lowest BCUT2D eigenvalue weighted by Crippen LogP contribution is -2.49. The molecule has 7 heteroatoms. The number of benzene rings is 1. The molecule has 0 aliphatic carbocycles. The zero-order chi connectivity index (χ0) is 17.2. The maximum absolute atomic E-state index is 13.3. The number of amides is 1. The fourth-order valence-electron chi connectivity index (χ4n) is 3.19. The van der Waals surface area contributed by atoms with Gasteiger partial charge < -0.3 is 14.8 Å². The third kappa shape index (κ3) is 3.17. The lowest BCUT2D eigenvalue weighted by atomic mass is 10.1. The van der Waals surface area contributed by atoms with Crippen LogP contribution in [0.5, 0.6) is 0 Å². The van der Waals surface area contributed by atoms with Crippen LogP contribution in [0.2, 0.25) is 0 Å². The van der Waals surface area contributed by atoms with Crippen molar-refractivity contribution >= 4 is 22.8 Å². The fraction of sp³-hybridized carbons (Fsp3) is 0.278. The molecule has 0 saturated carbocycles. The minimum atomic E-state index is -0.286. The number of H-pyrrole nitrogens is 1. The Bertz CT molecular complexity index is 887. The first-order valence-corrected chi connectivity index (χ1v) is 8.26. The van der Waals surface area contributed by atoms with E-state index < -0.39 is 0 Å². The molecular weight excluding hydrogens is 321 g/mol. The van der Waals surface area contributed by atoms with Gasteiger partial charge >= 0.3 is 0 Å². The predicted octanol–water partition coefficient (Wildman–Crippen LogP) is 1.99. The van der Waals surface area contributed by atoms with Gasteiger partial charge in [-0.3, -0.25) is 4.79 Å². The molecular formula is C18H18FN5O. The molecule has 1 amide bonds. The van der Waals surface area contributed by atoms with Gasteiger partial charge in [-0.25, -0.2) is 14.4 Å². The molecule has 0 spiro atoms. The van der Waals surface area contributed by atoms with Gasteiger partial charge in [0.25, 0.3) is 0 Å². The summed E-state index contributed by atoms with van der Waals surface area (Å²) in [5.74, 6) is 0.499. The summed E-state index contributed by atoms with van der Waals surface area (Å²) in [6.07, 6.45) is 5.54. The summed E-state index contributed by atoms with van der Waals surface area (Å²) in [6.45, 7) is 2.73. The van der Waals surface area contributed by atoms with Gasteiger partial charge in [0, 0.05) is 55.7 Å². The summed E-state index contributed by atoms with van der Waals surface area (Å²) >= 11 is 0. The summed E-state index contributed by atoms with van der Waals surface area (Å²) in [4.78, 5) is 28.1. The number of hydrogen-bond donors (Lipinski definition) is 1. The molecule has 0 radical (unpaired) electrons. The second-order valence-corrected chi connectivity index (χ2v) is 6.10. The number of nitrogens with one attached hydrogen (secondary N) is 1. The Morgan fingerprint density at radius 1 is 1.16 bits per heavy atom. The largest absolute Gasteiger partial charge is 0.361 e. The van der Waals surface area contributed by atoms with Gasteiger partial charge in [-0.05, 0) is 29.8 Å². The molecule has 1 aromatic carbocycles. The number of carbonyl (C=O) groups excluding carboxylic acids is 1. The number of halogens is 1. The summed E-state index contributed by atoms with van der Waals surface area (Å²) in [5, 5.41) is 0.895. The van der Waals surface area contributed by atoms with E-state index in [1.54, 1.807) is 30.7 Å². The van der Waals surface area contributed by atoms with Crippen molar-refractivity contribution < 1.29 is 9.18 Å². The van der Waals surface area contributed by atoms with E-state index in [-0.39, 0.29) is 11.7 Å². The zero-order valence-corrected chi connectivity index (χ0v) is 13.7. The van der Waals surface area contributed by atoms with Crippen LogP contribution in [0.15, 0.2) is 42.9 Å². The van der Waals surface area contributed by atoms with Crippen molar-refractivity contribution in [3.8, 4) is 0 Å². The second-order valence-electron chi connectivity index (χ2n) is 6.10. The van der Waals surface area contributed by atoms with Crippen molar-refractivity contribution in [3.63, 3.8) is 0 Å². The van der Waals surface area contributed by atoms with E-state index in [4.69, 9.17) is 0 Å². The Morgan fingerprint density at radius 2 is 1.92 bits per heavy atom. The topological polar surface area (TPSA) is 65.1 Å². The van der Waals surface area contributed by atoms with Gasteiger partial charge in [0.1, 0.15) is 5.82 Å². The molecule has 1 aliphatic rings. The number of aromatic amines is 1. The standard InChI is InChI=1S/C18H18FN5O/c19-14-2-3-15-13(12-22-16(15)11-14)10-17(25)23-6-8-24(9-7-23)18-20-4-1-5-21-18/h1-5,11-12,22H,6-10H2. The van der Waals surface area contributed by atoms with E-state index in [1.165, 1.54) is 12.1 Å². The average Bonchev–Trinajstić information content (AvgIpc) is 3.04. The van der Waals surface area contributed by atoms with Crippen molar-refractivity contribution in [2.75, 3.05) is 31.1 Å². The molecule has 0 unspecified atom stereocenters. The summed E-state index contributed by atoms with van der Waals surface area (Å²) in [6, 6.07) is 6.37. The molecule has 25 heavy (non-hydrogen) atoms. The summed E-state index contributed by atoms with van der Waals surface area (Å²) in [5.41, 5.74) is 1.61. The SMILES string of the molecule is O=C(Cc1c[nH]c2cc(F)ccc12)N1CCN(c2ncccn2)CC1. The highest BCUT2D eigenvalue weighted by Gasteiger charge is 2.23. The Kier molecular flexibility index (Phi) is 4.05. The van der Waals surface area contributed by atoms with E-state index in [2.05, 4.69) is 19.9 Å². The Hall–Kier alpha value is -2.96. The lowest BCUT2D eigenvalue weighted by molar-refractivity contribution is -0.130. The first-order valence-electron chi connectivity index (χ1n) is 8.26. The second kappa shape index (κ2) is 6.51. The molecule has 1 N–H and O–H groups in total. The molecule has 128 valence electrons. The van der Waals surface area contributed by atoms with Crippen molar-refractivity contribution in [2.24, 2.45) is 0 Å². The van der Waals surface area contributed by atoms with Gasteiger partial charge in [0.15, 0.2) is 0 Å². The smallest absolute Gasteiger partial charge is 0.227 e. The van der Waals surface area contributed by atoms with Gasteiger partial charge in [0.05, 0.1) is 6.42 Å². The van der Waals surface area contributed by atoms with Crippen LogP contribution in [0.3, 0.4) is 0 Å². The number of fused-ring (bicyclic) bond motifs is 1. The average molecular weight is 339 g/mol. The van der Waals surface area contributed by atoms with Gasteiger partial charge in [0.2, 0.25) is 11.9 Å². The number of piperazine rings is 1. The molecule has 3 aromatic rings. The third-order valence-corrected chi connectivity index (χ3v) is 4.54. The minimum absolute atomic E-state index is 0.0823. The monoisotopic (exact) mass is 339 g/mol. The first kappa shape index (κ1) is 15.6. The molecule has 1 saturated heterocycles. The van der Waals surface area contributed by atoms with Gasteiger partial charge in [-0.15, -0.1) is 0 Å². The van der Waals surface area contributed by atoms with Crippen LogP contribution in [-0.2, 0) is 11.2 Å². The van der Waals surface area contributed by atoms with Crippen LogP contribution in [0.4, 0.5) is 10.3 Å². The maximum Gasteiger partial charge on any atom is 0.227 e.